The fourth-order valence-corrected chi connectivity index (χ4v) is 2.26. The van der Waals surface area contributed by atoms with Crippen molar-refractivity contribution in [2.24, 2.45) is 5.92 Å². The summed E-state index contributed by atoms with van der Waals surface area (Å²) in [5, 5.41) is 4.35. The van der Waals surface area contributed by atoms with Crippen LogP contribution in [0.25, 0.3) is 5.69 Å². The number of ketones is 1. The first-order chi connectivity index (χ1) is 9.72. The molecule has 20 heavy (non-hydrogen) atoms. The summed E-state index contributed by atoms with van der Waals surface area (Å²) in [6.45, 7) is 2.14. The molecule has 0 unspecified atom stereocenters. The van der Waals surface area contributed by atoms with Gasteiger partial charge in [0.1, 0.15) is 12.4 Å². The Balaban J connectivity index is 1.59. The summed E-state index contributed by atoms with van der Waals surface area (Å²) in [5.41, 5.74) is 1.96. The van der Waals surface area contributed by atoms with E-state index in [-0.39, 0.29) is 18.3 Å². The van der Waals surface area contributed by atoms with Crippen LogP contribution in [0.5, 0.6) is 5.75 Å². The molecule has 1 aliphatic carbocycles. The average molecular weight is 270 g/mol. The number of aromatic nitrogens is 2. The SMILES string of the molecule is Cc1ccn(-c2ccc(OCC(=O)C3CCC3)cc2)n1. The maximum atomic E-state index is 11.8. The summed E-state index contributed by atoms with van der Waals surface area (Å²) in [4.78, 5) is 11.8. The van der Waals surface area contributed by atoms with E-state index in [1.165, 1.54) is 6.42 Å². The van der Waals surface area contributed by atoms with E-state index in [0.29, 0.717) is 0 Å². The minimum atomic E-state index is 0.185. The van der Waals surface area contributed by atoms with Gasteiger partial charge in [-0.05, 0) is 50.1 Å². The van der Waals surface area contributed by atoms with Crippen molar-refractivity contribution in [3.8, 4) is 11.4 Å². The summed E-state index contributed by atoms with van der Waals surface area (Å²) in [6, 6.07) is 9.59. The first-order valence-corrected chi connectivity index (χ1v) is 7.00. The summed E-state index contributed by atoms with van der Waals surface area (Å²) in [5.74, 6) is 1.19. The van der Waals surface area contributed by atoms with Crippen molar-refractivity contribution in [1.29, 1.82) is 0 Å². The monoisotopic (exact) mass is 270 g/mol. The molecule has 1 heterocycles. The molecule has 0 radical (unpaired) electrons. The molecule has 1 aromatic heterocycles. The van der Waals surface area contributed by atoms with Crippen LogP contribution in [0.1, 0.15) is 25.0 Å². The van der Waals surface area contributed by atoms with Crippen molar-refractivity contribution in [1.82, 2.24) is 9.78 Å². The van der Waals surface area contributed by atoms with Crippen molar-refractivity contribution in [2.75, 3.05) is 6.61 Å². The third-order valence-corrected chi connectivity index (χ3v) is 3.77. The maximum absolute atomic E-state index is 11.8. The van der Waals surface area contributed by atoms with Crippen LogP contribution in [0.15, 0.2) is 36.5 Å². The minimum absolute atomic E-state index is 0.185. The van der Waals surface area contributed by atoms with Crippen molar-refractivity contribution in [2.45, 2.75) is 26.2 Å². The molecular formula is C16H18N2O2. The highest BCUT2D eigenvalue weighted by Gasteiger charge is 2.25. The average Bonchev–Trinajstić information content (AvgIpc) is 2.82. The molecule has 0 amide bonds. The van der Waals surface area contributed by atoms with Gasteiger partial charge in [-0.15, -0.1) is 0 Å². The molecule has 0 aliphatic heterocycles. The molecule has 4 nitrogen and oxygen atoms in total. The van der Waals surface area contributed by atoms with Gasteiger partial charge in [0.25, 0.3) is 0 Å². The Morgan fingerprint density at radius 3 is 2.60 bits per heavy atom. The lowest BCUT2D eigenvalue weighted by molar-refractivity contribution is -0.127. The van der Waals surface area contributed by atoms with Gasteiger partial charge in [0, 0.05) is 12.1 Å². The molecule has 0 atom stereocenters. The summed E-state index contributed by atoms with van der Waals surface area (Å²) < 4.78 is 7.36. The van der Waals surface area contributed by atoms with Crippen LogP contribution in [0.4, 0.5) is 0 Å². The summed E-state index contributed by atoms with van der Waals surface area (Å²) >= 11 is 0. The Labute approximate surface area is 118 Å². The van der Waals surface area contributed by atoms with Gasteiger partial charge in [-0.2, -0.15) is 5.10 Å². The highest BCUT2D eigenvalue weighted by Crippen LogP contribution is 2.27. The second-order valence-electron chi connectivity index (χ2n) is 5.28. The normalized spacial score (nSPS) is 14.8. The van der Waals surface area contributed by atoms with E-state index in [2.05, 4.69) is 5.10 Å². The smallest absolute Gasteiger partial charge is 0.173 e. The predicted molar refractivity (Wildman–Crippen MR) is 76.1 cm³/mol. The summed E-state index contributed by atoms with van der Waals surface area (Å²) in [7, 11) is 0. The predicted octanol–water partition coefficient (Wildman–Crippen LogP) is 2.93. The largest absolute Gasteiger partial charge is 0.486 e. The molecule has 0 bridgehead atoms. The molecule has 2 aromatic rings. The zero-order chi connectivity index (χ0) is 13.9. The van der Waals surface area contributed by atoms with E-state index in [4.69, 9.17) is 4.74 Å². The van der Waals surface area contributed by atoms with Gasteiger partial charge in [-0.1, -0.05) is 6.42 Å². The molecule has 0 spiro atoms. The first kappa shape index (κ1) is 12.9. The second kappa shape index (κ2) is 5.49. The van der Waals surface area contributed by atoms with E-state index >= 15 is 0 Å². The molecule has 0 N–H and O–H groups in total. The number of aryl methyl sites for hydroxylation is 1. The molecule has 1 aromatic carbocycles. The zero-order valence-corrected chi connectivity index (χ0v) is 11.6. The van der Waals surface area contributed by atoms with Crippen molar-refractivity contribution in [3.05, 3.63) is 42.2 Å². The van der Waals surface area contributed by atoms with Crippen LogP contribution < -0.4 is 4.74 Å². The standard InChI is InChI=1S/C16H18N2O2/c1-12-9-10-18(17-12)14-5-7-15(8-6-14)20-11-16(19)13-3-2-4-13/h5-10,13H,2-4,11H2,1H3. The Morgan fingerprint density at radius 2 is 2.05 bits per heavy atom. The minimum Gasteiger partial charge on any atom is -0.486 e. The van der Waals surface area contributed by atoms with Gasteiger partial charge < -0.3 is 4.74 Å². The van der Waals surface area contributed by atoms with Gasteiger partial charge in [-0.3, -0.25) is 4.79 Å². The molecule has 3 rings (SSSR count). The van der Waals surface area contributed by atoms with Crippen molar-refractivity contribution in [3.63, 3.8) is 0 Å². The van der Waals surface area contributed by atoms with Crippen LogP contribution in [0.3, 0.4) is 0 Å². The number of benzene rings is 1. The van der Waals surface area contributed by atoms with Gasteiger partial charge >= 0.3 is 0 Å². The van der Waals surface area contributed by atoms with E-state index in [1.54, 1.807) is 0 Å². The Kier molecular flexibility index (Phi) is 3.54. The van der Waals surface area contributed by atoms with Crippen molar-refractivity contribution >= 4 is 5.78 Å². The second-order valence-corrected chi connectivity index (χ2v) is 5.28. The fourth-order valence-electron chi connectivity index (χ4n) is 2.26. The molecule has 1 aliphatic rings. The number of carbonyl (C=O) groups is 1. The van der Waals surface area contributed by atoms with E-state index < -0.39 is 0 Å². The van der Waals surface area contributed by atoms with Gasteiger partial charge in [0.15, 0.2) is 5.78 Å². The molecule has 1 saturated carbocycles. The van der Waals surface area contributed by atoms with Crippen LogP contribution in [-0.4, -0.2) is 22.2 Å². The molecular weight excluding hydrogens is 252 g/mol. The highest BCUT2D eigenvalue weighted by atomic mass is 16.5. The molecule has 4 heteroatoms. The first-order valence-electron chi connectivity index (χ1n) is 7.00. The molecule has 1 fully saturated rings. The Bertz CT molecular complexity index is 597. The maximum Gasteiger partial charge on any atom is 0.173 e. The number of rotatable bonds is 5. The summed E-state index contributed by atoms with van der Waals surface area (Å²) in [6.07, 6.45) is 5.15. The van der Waals surface area contributed by atoms with Crippen LogP contribution >= 0.6 is 0 Å². The lowest BCUT2D eigenvalue weighted by Crippen LogP contribution is -2.26. The Hall–Kier alpha value is -2.10. The quantitative estimate of drug-likeness (QED) is 0.839. The highest BCUT2D eigenvalue weighted by molar-refractivity contribution is 5.83. The zero-order valence-electron chi connectivity index (χ0n) is 11.6. The van der Waals surface area contributed by atoms with E-state index in [9.17, 15) is 4.79 Å². The number of nitrogens with zero attached hydrogens (tertiary/aromatic N) is 2. The molecule has 104 valence electrons. The van der Waals surface area contributed by atoms with E-state index in [0.717, 1.165) is 30.0 Å². The van der Waals surface area contributed by atoms with Crippen molar-refractivity contribution < 1.29 is 9.53 Å². The number of carbonyl (C=O) groups excluding carboxylic acids is 1. The molecule has 0 saturated heterocycles. The van der Waals surface area contributed by atoms with Gasteiger partial charge in [-0.25, -0.2) is 4.68 Å². The fraction of sp³-hybridized carbons (Fsp3) is 0.375. The van der Waals surface area contributed by atoms with E-state index in [1.807, 2.05) is 48.1 Å². The van der Waals surface area contributed by atoms with Crippen LogP contribution in [0, 0.1) is 12.8 Å². The third kappa shape index (κ3) is 2.74. The number of hydrogen-bond donors (Lipinski definition) is 0. The Morgan fingerprint density at radius 1 is 1.30 bits per heavy atom. The van der Waals surface area contributed by atoms with Crippen LogP contribution in [0.2, 0.25) is 0 Å². The number of hydrogen-bond acceptors (Lipinski definition) is 3. The lowest BCUT2D eigenvalue weighted by Gasteiger charge is -2.23. The topological polar surface area (TPSA) is 44.1 Å². The van der Waals surface area contributed by atoms with Gasteiger partial charge in [0.2, 0.25) is 0 Å². The lowest BCUT2D eigenvalue weighted by atomic mass is 9.82. The van der Waals surface area contributed by atoms with Gasteiger partial charge in [0.05, 0.1) is 11.4 Å². The van der Waals surface area contributed by atoms with Crippen LogP contribution in [-0.2, 0) is 4.79 Å². The number of Topliss-reactive ketones (excluding diaryl/α,β-unsaturated/α-hetero) is 1. The number of ether oxygens (including phenoxy) is 1. The third-order valence-electron chi connectivity index (χ3n) is 3.77.